The van der Waals surface area contributed by atoms with Crippen molar-refractivity contribution in [3.63, 3.8) is 0 Å². The maximum atomic E-state index is 12.5. The van der Waals surface area contributed by atoms with Gasteiger partial charge in [0.15, 0.2) is 0 Å². The molecule has 1 N–H and O–H groups in total. The largest absolute Gasteiger partial charge is 0.480 e. The van der Waals surface area contributed by atoms with Crippen LogP contribution in [0, 0.1) is 6.92 Å². The third-order valence-corrected chi connectivity index (χ3v) is 4.09. The Balaban J connectivity index is 2.31. The van der Waals surface area contributed by atoms with Crippen molar-refractivity contribution in [2.45, 2.75) is 32.2 Å². The number of nitrogens with zero attached hydrogens (tertiary/aromatic N) is 1. The molecule has 4 nitrogen and oxygen atoms in total. The molecule has 1 unspecified atom stereocenters. The van der Waals surface area contributed by atoms with E-state index in [1.165, 1.54) is 4.90 Å². The van der Waals surface area contributed by atoms with Crippen LogP contribution < -0.4 is 0 Å². The van der Waals surface area contributed by atoms with Gasteiger partial charge in [-0.25, -0.2) is 4.79 Å². The number of hydrogen-bond donors (Lipinski definition) is 1. The quantitative estimate of drug-likeness (QED) is 0.909. The summed E-state index contributed by atoms with van der Waals surface area (Å²) in [6.45, 7) is 2.42. The zero-order valence-electron chi connectivity index (χ0n) is 10.7. The van der Waals surface area contributed by atoms with Crippen molar-refractivity contribution in [1.82, 2.24) is 4.90 Å². The van der Waals surface area contributed by atoms with Gasteiger partial charge in [0.1, 0.15) is 6.04 Å². The minimum Gasteiger partial charge on any atom is -0.480 e. The van der Waals surface area contributed by atoms with Gasteiger partial charge in [0.05, 0.1) is 5.56 Å². The van der Waals surface area contributed by atoms with E-state index >= 15 is 0 Å². The standard InChI is InChI=1S/C14H16BrNO3/c1-9-5-6-11(15)10(8-9)13(17)16-7-3-2-4-12(16)14(18)19/h5-6,8,12H,2-4,7H2,1H3,(H,18,19). The molecule has 1 aliphatic heterocycles. The van der Waals surface area contributed by atoms with Crippen LogP contribution in [0.3, 0.4) is 0 Å². The summed E-state index contributed by atoms with van der Waals surface area (Å²) in [5, 5.41) is 9.22. The predicted molar refractivity (Wildman–Crippen MR) is 75.2 cm³/mol. The monoisotopic (exact) mass is 325 g/mol. The van der Waals surface area contributed by atoms with E-state index in [1.54, 1.807) is 6.07 Å². The van der Waals surface area contributed by atoms with Crippen molar-refractivity contribution >= 4 is 27.8 Å². The zero-order chi connectivity index (χ0) is 14.0. The number of carbonyl (C=O) groups excluding carboxylic acids is 1. The fourth-order valence-electron chi connectivity index (χ4n) is 2.39. The average Bonchev–Trinajstić information content (AvgIpc) is 2.40. The van der Waals surface area contributed by atoms with Crippen LogP contribution in [0.1, 0.15) is 35.2 Å². The first kappa shape index (κ1) is 14.1. The lowest BCUT2D eigenvalue weighted by molar-refractivity contribution is -0.143. The molecule has 1 aromatic carbocycles. The van der Waals surface area contributed by atoms with E-state index in [-0.39, 0.29) is 5.91 Å². The Morgan fingerprint density at radius 2 is 2.11 bits per heavy atom. The van der Waals surface area contributed by atoms with Crippen LogP contribution >= 0.6 is 15.9 Å². The fourth-order valence-corrected chi connectivity index (χ4v) is 2.81. The Hall–Kier alpha value is -1.36. The van der Waals surface area contributed by atoms with Crippen LogP contribution in [0.2, 0.25) is 0 Å². The molecule has 102 valence electrons. The fraction of sp³-hybridized carbons (Fsp3) is 0.429. The van der Waals surface area contributed by atoms with E-state index in [0.717, 1.165) is 18.4 Å². The maximum Gasteiger partial charge on any atom is 0.326 e. The van der Waals surface area contributed by atoms with Crippen molar-refractivity contribution in [3.8, 4) is 0 Å². The highest BCUT2D eigenvalue weighted by Crippen LogP contribution is 2.24. The van der Waals surface area contributed by atoms with Crippen LogP contribution in [0.15, 0.2) is 22.7 Å². The van der Waals surface area contributed by atoms with Gasteiger partial charge < -0.3 is 10.0 Å². The molecule has 1 amide bonds. The average molecular weight is 326 g/mol. The number of rotatable bonds is 2. The number of benzene rings is 1. The molecule has 0 bridgehead atoms. The summed E-state index contributed by atoms with van der Waals surface area (Å²) in [4.78, 5) is 25.2. The minimum atomic E-state index is -0.920. The molecular weight excluding hydrogens is 310 g/mol. The van der Waals surface area contributed by atoms with Gasteiger partial charge in [-0.15, -0.1) is 0 Å². The SMILES string of the molecule is Cc1ccc(Br)c(C(=O)N2CCCCC2C(=O)O)c1. The molecule has 1 fully saturated rings. The second kappa shape index (κ2) is 5.74. The number of aliphatic carboxylic acids is 1. The Bertz CT molecular complexity index is 515. The topological polar surface area (TPSA) is 57.6 Å². The molecule has 1 atom stereocenters. The summed E-state index contributed by atoms with van der Waals surface area (Å²) < 4.78 is 0.706. The second-order valence-electron chi connectivity index (χ2n) is 4.83. The van der Waals surface area contributed by atoms with Crippen molar-refractivity contribution < 1.29 is 14.7 Å². The van der Waals surface area contributed by atoms with Crippen LogP contribution in [-0.4, -0.2) is 34.5 Å². The van der Waals surface area contributed by atoms with Crippen molar-refractivity contribution in [3.05, 3.63) is 33.8 Å². The number of amides is 1. The number of hydrogen-bond acceptors (Lipinski definition) is 2. The molecule has 5 heteroatoms. The first-order valence-electron chi connectivity index (χ1n) is 6.30. The number of halogens is 1. The van der Waals surface area contributed by atoms with Crippen LogP contribution in [0.4, 0.5) is 0 Å². The van der Waals surface area contributed by atoms with Crippen LogP contribution in [0.25, 0.3) is 0 Å². The van der Waals surface area contributed by atoms with Crippen molar-refractivity contribution in [1.29, 1.82) is 0 Å². The molecule has 0 aliphatic carbocycles. The molecule has 1 heterocycles. The number of likely N-dealkylation sites (tertiary alicyclic amines) is 1. The zero-order valence-corrected chi connectivity index (χ0v) is 12.3. The Morgan fingerprint density at radius 1 is 1.37 bits per heavy atom. The molecule has 19 heavy (non-hydrogen) atoms. The third kappa shape index (κ3) is 2.97. The normalized spacial score (nSPS) is 19.3. The van der Waals surface area contributed by atoms with E-state index in [4.69, 9.17) is 0 Å². The Morgan fingerprint density at radius 3 is 2.79 bits per heavy atom. The smallest absolute Gasteiger partial charge is 0.326 e. The van der Waals surface area contributed by atoms with Gasteiger partial charge in [0.25, 0.3) is 5.91 Å². The summed E-state index contributed by atoms with van der Waals surface area (Å²) in [6.07, 6.45) is 2.25. The summed E-state index contributed by atoms with van der Waals surface area (Å²) in [7, 11) is 0. The van der Waals surface area contributed by atoms with E-state index in [0.29, 0.717) is 23.0 Å². The summed E-state index contributed by atoms with van der Waals surface area (Å²) in [5.41, 5.74) is 1.52. The van der Waals surface area contributed by atoms with E-state index in [1.807, 2.05) is 19.1 Å². The first-order chi connectivity index (χ1) is 9.00. The third-order valence-electron chi connectivity index (χ3n) is 3.40. The summed E-state index contributed by atoms with van der Waals surface area (Å²) >= 11 is 3.36. The van der Waals surface area contributed by atoms with Crippen molar-refractivity contribution in [2.75, 3.05) is 6.54 Å². The molecule has 1 aromatic rings. The molecule has 0 spiro atoms. The van der Waals surface area contributed by atoms with Gasteiger partial charge >= 0.3 is 5.97 Å². The van der Waals surface area contributed by atoms with Gasteiger partial charge in [-0.3, -0.25) is 4.79 Å². The van der Waals surface area contributed by atoms with Gasteiger partial charge in [-0.1, -0.05) is 11.6 Å². The highest BCUT2D eigenvalue weighted by Gasteiger charge is 2.33. The van der Waals surface area contributed by atoms with Gasteiger partial charge in [0.2, 0.25) is 0 Å². The molecule has 2 rings (SSSR count). The van der Waals surface area contributed by atoms with E-state index in [9.17, 15) is 14.7 Å². The van der Waals surface area contributed by atoms with Crippen LogP contribution in [0.5, 0.6) is 0 Å². The minimum absolute atomic E-state index is 0.206. The lowest BCUT2D eigenvalue weighted by Gasteiger charge is -2.33. The van der Waals surface area contributed by atoms with Gasteiger partial charge in [-0.05, 0) is 54.2 Å². The lowest BCUT2D eigenvalue weighted by atomic mass is 10.0. The van der Waals surface area contributed by atoms with E-state index < -0.39 is 12.0 Å². The van der Waals surface area contributed by atoms with Crippen LogP contribution in [-0.2, 0) is 4.79 Å². The highest BCUT2D eigenvalue weighted by atomic mass is 79.9. The Labute approximate surface area is 120 Å². The molecular formula is C14H16BrNO3. The number of carboxylic acids is 1. The Kier molecular flexibility index (Phi) is 4.24. The van der Waals surface area contributed by atoms with Gasteiger partial charge in [0, 0.05) is 11.0 Å². The number of aryl methyl sites for hydroxylation is 1. The molecule has 1 aliphatic rings. The molecule has 0 saturated carbocycles. The predicted octanol–water partition coefficient (Wildman–Crippen LogP) is 2.84. The van der Waals surface area contributed by atoms with E-state index in [2.05, 4.69) is 15.9 Å². The highest BCUT2D eigenvalue weighted by molar-refractivity contribution is 9.10. The summed E-state index contributed by atoms with van der Waals surface area (Å²) in [5.74, 6) is -1.13. The molecule has 1 saturated heterocycles. The molecule has 0 aromatic heterocycles. The first-order valence-corrected chi connectivity index (χ1v) is 7.10. The maximum absolute atomic E-state index is 12.5. The second-order valence-corrected chi connectivity index (χ2v) is 5.69. The van der Waals surface area contributed by atoms with Crippen molar-refractivity contribution in [2.24, 2.45) is 0 Å². The number of piperidine rings is 1. The number of carbonyl (C=O) groups is 2. The van der Waals surface area contributed by atoms with Gasteiger partial charge in [-0.2, -0.15) is 0 Å². The summed E-state index contributed by atoms with van der Waals surface area (Å²) in [6, 6.07) is 4.82. The number of carboxylic acid groups (broad SMARTS) is 1. The molecule has 0 radical (unpaired) electrons. The lowest BCUT2D eigenvalue weighted by Crippen LogP contribution is -2.48.